The van der Waals surface area contributed by atoms with Gasteiger partial charge < -0.3 is 10.6 Å². The predicted molar refractivity (Wildman–Crippen MR) is 122 cm³/mol. The summed E-state index contributed by atoms with van der Waals surface area (Å²) in [4.78, 5) is 36.7. The van der Waals surface area contributed by atoms with Crippen molar-refractivity contribution >= 4 is 41.4 Å². The topological polar surface area (TPSA) is 99.7 Å². The molecule has 0 unspecified atom stereocenters. The standard InChI is InChI=1S/C24H20N4O3/c29-22(26-19-13-5-2-6-14-19)20-15-7-8-16-21(20)27-23(30)24(31)28-25-17-9-12-18-10-3-1-4-11-18/h1-17H,(H,26,29)(H,27,30)(H,28,31). The van der Waals surface area contributed by atoms with E-state index in [1.807, 2.05) is 36.4 Å². The van der Waals surface area contributed by atoms with Gasteiger partial charge in [-0.15, -0.1) is 0 Å². The Balaban J connectivity index is 1.57. The lowest BCUT2D eigenvalue weighted by atomic mass is 10.1. The number of nitrogens with zero attached hydrogens (tertiary/aromatic N) is 1. The molecule has 0 aliphatic heterocycles. The number of anilines is 2. The lowest BCUT2D eigenvalue weighted by Gasteiger charge is -2.11. The molecular formula is C24H20N4O3. The number of amides is 3. The van der Waals surface area contributed by atoms with Crippen molar-refractivity contribution in [1.29, 1.82) is 0 Å². The highest BCUT2D eigenvalue weighted by Crippen LogP contribution is 2.17. The largest absolute Gasteiger partial charge is 0.329 e. The third kappa shape index (κ3) is 6.50. The minimum atomic E-state index is -0.956. The molecule has 0 aliphatic carbocycles. The zero-order valence-electron chi connectivity index (χ0n) is 16.5. The molecule has 154 valence electrons. The van der Waals surface area contributed by atoms with Gasteiger partial charge in [-0.05, 0) is 35.9 Å². The van der Waals surface area contributed by atoms with E-state index in [-0.39, 0.29) is 11.3 Å². The summed E-state index contributed by atoms with van der Waals surface area (Å²) in [7, 11) is 0. The van der Waals surface area contributed by atoms with E-state index in [1.54, 1.807) is 54.6 Å². The van der Waals surface area contributed by atoms with Crippen LogP contribution >= 0.6 is 0 Å². The number of carbonyl (C=O) groups excluding carboxylic acids is 3. The van der Waals surface area contributed by atoms with Crippen molar-refractivity contribution in [3.05, 3.63) is 102 Å². The van der Waals surface area contributed by atoms with Crippen molar-refractivity contribution < 1.29 is 14.4 Å². The minimum Gasteiger partial charge on any atom is -0.322 e. The number of carbonyl (C=O) groups is 3. The third-order valence-corrected chi connectivity index (χ3v) is 4.07. The summed E-state index contributed by atoms with van der Waals surface area (Å²) in [6.45, 7) is 0. The lowest BCUT2D eigenvalue weighted by Crippen LogP contribution is -2.33. The molecule has 0 saturated carbocycles. The molecule has 7 nitrogen and oxygen atoms in total. The van der Waals surface area contributed by atoms with Gasteiger partial charge in [0, 0.05) is 11.9 Å². The van der Waals surface area contributed by atoms with E-state index in [0.717, 1.165) is 5.56 Å². The Morgan fingerprint density at radius 3 is 2.10 bits per heavy atom. The van der Waals surface area contributed by atoms with E-state index in [9.17, 15) is 14.4 Å². The zero-order chi connectivity index (χ0) is 21.9. The van der Waals surface area contributed by atoms with Crippen LogP contribution in [0.1, 0.15) is 15.9 Å². The van der Waals surface area contributed by atoms with Gasteiger partial charge in [0.15, 0.2) is 0 Å². The van der Waals surface area contributed by atoms with Crippen molar-refractivity contribution in [2.75, 3.05) is 10.6 Å². The van der Waals surface area contributed by atoms with Crippen LogP contribution in [0.4, 0.5) is 11.4 Å². The van der Waals surface area contributed by atoms with Crippen LogP contribution in [0.15, 0.2) is 96.1 Å². The van der Waals surface area contributed by atoms with Crippen molar-refractivity contribution in [2.45, 2.75) is 0 Å². The van der Waals surface area contributed by atoms with Crippen LogP contribution in [0, 0.1) is 0 Å². The Hall–Kier alpha value is -4.52. The number of nitrogens with one attached hydrogen (secondary N) is 3. The fraction of sp³-hybridized carbons (Fsp3) is 0. The second-order valence-electron chi connectivity index (χ2n) is 6.31. The van der Waals surface area contributed by atoms with Gasteiger partial charge in [0.05, 0.1) is 11.3 Å². The molecule has 3 aromatic rings. The van der Waals surface area contributed by atoms with E-state index >= 15 is 0 Å². The average molecular weight is 412 g/mol. The fourth-order valence-corrected chi connectivity index (χ4v) is 2.60. The maximum absolute atomic E-state index is 12.6. The van der Waals surface area contributed by atoms with Gasteiger partial charge in [-0.3, -0.25) is 14.4 Å². The van der Waals surface area contributed by atoms with E-state index in [4.69, 9.17) is 0 Å². The summed E-state index contributed by atoms with van der Waals surface area (Å²) in [6, 6.07) is 24.9. The first-order valence-electron chi connectivity index (χ1n) is 9.45. The van der Waals surface area contributed by atoms with Gasteiger partial charge in [0.1, 0.15) is 0 Å². The molecule has 0 spiro atoms. The Kier molecular flexibility index (Phi) is 7.43. The summed E-state index contributed by atoms with van der Waals surface area (Å²) >= 11 is 0. The summed E-state index contributed by atoms with van der Waals surface area (Å²) < 4.78 is 0. The molecule has 0 fully saturated rings. The molecule has 0 radical (unpaired) electrons. The maximum Gasteiger partial charge on any atom is 0.329 e. The summed E-state index contributed by atoms with van der Waals surface area (Å²) in [5.74, 6) is -2.31. The molecule has 7 heteroatoms. The quantitative estimate of drug-likeness (QED) is 0.327. The molecule has 3 N–H and O–H groups in total. The van der Waals surface area contributed by atoms with Gasteiger partial charge >= 0.3 is 11.8 Å². The Morgan fingerprint density at radius 1 is 0.710 bits per heavy atom. The van der Waals surface area contributed by atoms with Gasteiger partial charge in [0.2, 0.25) is 0 Å². The first-order valence-corrected chi connectivity index (χ1v) is 9.45. The Bertz CT molecular complexity index is 1110. The monoisotopic (exact) mass is 412 g/mol. The number of benzene rings is 3. The molecule has 0 bridgehead atoms. The summed E-state index contributed by atoms with van der Waals surface area (Å²) in [6.07, 6.45) is 4.80. The highest BCUT2D eigenvalue weighted by molar-refractivity contribution is 6.40. The highest BCUT2D eigenvalue weighted by Gasteiger charge is 2.17. The van der Waals surface area contributed by atoms with Crippen molar-refractivity contribution in [1.82, 2.24) is 5.43 Å². The van der Waals surface area contributed by atoms with Crippen LogP contribution in [0.25, 0.3) is 6.08 Å². The minimum absolute atomic E-state index is 0.212. The molecule has 3 amide bonds. The number of hydrogen-bond donors (Lipinski definition) is 3. The first-order chi connectivity index (χ1) is 15.1. The third-order valence-electron chi connectivity index (χ3n) is 4.07. The second kappa shape index (κ2) is 10.9. The smallest absolute Gasteiger partial charge is 0.322 e. The molecule has 0 aliphatic rings. The molecule has 3 aromatic carbocycles. The first kappa shape index (κ1) is 21.2. The lowest BCUT2D eigenvalue weighted by molar-refractivity contribution is -0.136. The number of rotatable bonds is 6. The normalized spacial score (nSPS) is 10.7. The summed E-state index contributed by atoms with van der Waals surface area (Å²) in [5, 5.41) is 8.89. The molecule has 0 saturated heterocycles. The van der Waals surface area contributed by atoms with Gasteiger partial charge in [-0.2, -0.15) is 5.10 Å². The Labute approximate surface area is 179 Å². The molecule has 0 aromatic heterocycles. The van der Waals surface area contributed by atoms with Crippen LogP contribution < -0.4 is 16.1 Å². The Morgan fingerprint density at radius 2 is 1.35 bits per heavy atom. The van der Waals surface area contributed by atoms with Crippen molar-refractivity contribution in [3.8, 4) is 0 Å². The zero-order valence-corrected chi connectivity index (χ0v) is 16.5. The maximum atomic E-state index is 12.6. The molecule has 0 atom stereocenters. The fourth-order valence-electron chi connectivity index (χ4n) is 2.60. The van der Waals surface area contributed by atoms with Crippen molar-refractivity contribution in [2.24, 2.45) is 5.10 Å². The van der Waals surface area contributed by atoms with Crippen LogP contribution in [0.5, 0.6) is 0 Å². The van der Waals surface area contributed by atoms with Crippen LogP contribution in [-0.4, -0.2) is 23.9 Å². The molecule has 0 heterocycles. The molecular weight excluding hydrogens is 392 g/mol. The average Bonchev–Trinajstić information content (AvgIpc) is 2.80. The number of hydrazone groups is 1. The number of para-hydroxylation sites is 2. The van der Waals surface area contributed by atoms with Crippen LogP contribution in [0.3, 0.4) is 0 Å². The second-order valence-corrected chi connectivity index (χ2v) is 6.31. The van der Waals surface area contributed by atoms with Crippen LogP contribution in [-0.2, 0) is 9.59 Å². The highest BCUT2D eigenvalue weighted by atomic mass is 16.2. The van der Waals surface area contributed by atoms with E-state index < -0.39 is 17.7 Å². The van der Waals surface area contributed by atoms with Gasteiger partial charge in [0.25, 0.3) is 5.91 Å². The van der Waals surface area contributed by atoms with Gasteiger partial charge in [-0.1, -0.05) is 66.7 Å². The SMILES string of the molecule is O=C(NN=CC=Cc1ccccc1)C(=O)Nc1ccccc1C(=O)Nc1ccccc1. The predicted octanol–water partition coefficient (Wildman–Crippen LogP) is 3.69. The number of allylic oxidation sites excluding steroid dienone is 1. The van der Waals surface area contributed by atoms with Crippen LogP contribution in [0.2, 0.25) is 0 Å². The van der Waals surface area contributed by atoms with Gasteiger partial charge in [-0.25, -0.2) is 5.43 Å². The summed E-state index contributed by atoms with van der Waals surface area (Å²) in [5.41, 5.74) is 4.17. The van der Waals surface area contributed by atoms with E-state index in [2.05, 4.69) is 21.2 Å². The molecule has 31 heavy (non-hydrogen) atoms. The number of hydrogen-bond acceptors (Lipinski definition) is 4. The van der Waals surface area contributed by atoms with Crippen molar-refractivity contribution in [3.63, 3.8) is 0 Å². The molecule has 3 rings (SSSR count). The van der Waals surface area contributed by atoms with E-state index in [1.165, 1.54) is 12.3 Å². The van der Waals surface area contributed by atoms with E-state index in [0.29, 0.717) is 5.69 Å².